The van der Waals surface area contributed by atoms with Gasteiger partial charge in [-0.3, -0.25) is 0 Å². The second-order valence-electron chi connectivity index (χ2n) is 8.39. The van der Waals surface area contributed by atoms with Crippen LogP contribution in [0.1, 0.15) is 49.5 Å². The van der Waals surface area contributed by atoms with Crippen molar-refractivity contribution >= 4 is 11.5 Å². The Labute approximate surface area is 167 Å². The Kier molecular flexibility index (Phi) is 3.90. The molecule has 148 valence electrons. The quantitative estimate of drug-likeness (QED) is 0.567. The Morgan fingerprint density at radius 1 is 1.17 bits per heavy atom. The van der Waals surface area contributed by atoms with Crippen LogP contribution in [-0.2, 0) is 11.8 Å². The lowest BCUT2D eigenvalue weighted by Crippen LogP contribution is -2.37. The van der Waals surface area contributed by atoms with E-state index in [9.17, 15) is 4.39 Å². The van der Waals surface area contributed by atoms with Gasteiger partial charge in [0.25, 0.3) is 0 Å². The lowest BCUT2D eigenvalue weighted by atomic mass is 9.89. The number of aromatic nitrogens is 6. The number of nitrogens with one attached hydrogen (secondary N) is 1. The third-order valence-corrected chi connectivity index (χ3v) is 5.44. The Morgan fingerprint density at radius 3 is 2.69 bits per heavy atom. The van der Waals surface area contributed by atoms with E-state index >= 15 is 0 Å². The van der Waals surface area contributed by atoms with Gasteiger partial charge in [-0.05, 0) is 29.2 Å². The summed E-state index contributed by atoms with van der Waals surface area (Å²) in [7, 11) is 0. The first-order chi connectivity index (χ1) is 13.9. The summed E-state index contributed by atoms with van der Waals surface area (Å²) >= 11 is 0. The fourth-order valence-electron chi connectivity index (χ4n) is 3.78. The van der Waals surface area contributed by atoms with Gasteiger partial charge in [0.05, 0.1) is 17.7 Å². The molecule has 0 bridgehead atoms. The largest absolute Gasteiger partial charge is 0.348 e. The highest BCUT2D eigenvalue weighted by molar-refractivity contribution is 5.53. The minimum Gasteiger partial charge on any atom is -0.348 e. The number of rotatable bonds is 2. The molecule has 8 heteroatoms. The van der Waals surface area contributed by atoms with Crippen LogP contribution in [0, 0.1) is 5.82 Å². The predicted octanol–water partition coefficient (Wildman–Crippen LogP) is 3.44. The van der Waals surface area contributed by atoms with Crippen LogP contribution in [0.15, 0.2) is 43.1 Å². The molecule has 1 N–H and O–H groups in total. The minimum absolute atomic E-state index is 0.0195. The SMILES string of the molecule is CC(C)(C)c1cnc(N2CCc3[nH]cnc3[C@H]2c2cc3c(F)cccn3n2)nc1. The van der Waals surface area contributed by atoms with Crippen molar-refractivity contribution in [3.8, 4) is 0 Å². The monoisotopic (exact) mass is 391 g/mol. The van der Waals surface area contributed by atoms with Crippen LogP contribution in [-0.4, -0.2) is 36.1 Å². The van der Waals surface area contributed by atoms with Crippen LogP contribution in [0.5, 0.6) is 0 Å². The molecule has 0 aromatic carbocycles. The fraction of sp³-hybridized carbons (Fsp3) is 0.333. The number of imidazole rings is 1. The summed E-state index contributed by atoms with van der Waals surface area (Å²) in [5.41, 5.74) is 4.15. The molecule has 0 radical (unpaired) electrons. The molecule has 0 saturated carbocycles. The Bertz CT molecular complexity index is 1170. The van der Waals surface area contributed by atoms with Crippen molar-refractivity contribution in [3.05, 3.63) is 71.6 Å². The van der Waals surface area contributed by atoms with Gasteiger partial charge in [-0.1, -0.05) is 20.8 Å². The van der Waals surface area contributed by atoms with E-state index in [0.717, 1.165) is 23.4 Å². The van der Waals surface area contributed by atoms with Crippen LogP contribution in [0.2, 0.25) is 0 Å². The number of aromatic amines is 1. The number of hydrogen-bond acceptors (Lipinski definition) is 5. The molecule has 29 heavy (non-hydrogen) atoms. The number of H-pyrrole nitrogens is 1. The molecule has 0 spiro atoms. The number of nitrogens with zero attached hydrogens (tertiary/aromatic N) is 6. The first kappa shape index (κ1) is 17.8. The summed E-state index contributed by atoms with van der Waals surface area (Å²) in [6.07, 6.45) is 8.00. The predicted molar refractivity (Wildman–Crippen MR) is 107 cm³/mol. The zero-order valence-electron chi connectivity index (χ0n) is 16.6. The van der Waals surface area contributed by atoms with Crippen molar-refractivity contribution in [1.82, 2.24) is 29.5 Å². The summed E-state index contributed by atoms with van der Waals surface area (Å²) in [6.45, 7) is 7.12. The molecule has 5 heterocycles. The molecule has 0 amide bonds. The summed E-state index contributed by atoms with van der Waals surface area (Å²) in [4.78, 5) is 19.1. The molecular weight excluding hydrogens is 369 g/mol. The molecule has 4 aromatic heterocycles. The van der Waals surface area contributed by atoms with E-state index in [4.69, 9.17) is 0 Å². The van der Waals surface area contributed by atoms with E-state index in [-0.39, 0.29) is 17.3 Å². The molecule has 0 saturated heterocycles. The van der Waals surface area contributed by atoms with E-state index in [0.29, 0.717) is 23.7 Å². The molecule has 1 atom stereocenters. The highest BCUT2D eigenvalue weighted by atomic mass is 19.1. The van der Waals surface area contributed by atoms with Crippen molar-refractivity contribution in [1.29, 1.82) is 0 Å². The summed E-state index contributed by atoms with van der Waals surface area (Å²) in [5.74, 6) is 0.316. The first-order valence-electron chi connectivity index (χ1n) is 9.67. The molecule has 0 fully saturated rings. The maximum absolute atomic E-state index is 14.3. The van der Waals surface area contributed by atoms with Gasteiger partial charge in [-0.25, -0.2) is 23.9 Å². The molecule has 0 aliphatic carbocycles. The van der Waals surface area contributed by atoms with E-state index in [1.165, 1.54) is 6.07 Å². The number of pyridine rings is 1. The summed E-state index contributed by atoms with van der Waals surface area (Å²) in [5, 5.41) is 4.63. The van der Waals surface area contributed by atoms with Gasteiger partial charge < -0.3 is 9.88 Å². The zero-order valence-corrected chi connectivity index (χ0v) is 16.6. The smallest absolute Gasteiger partial charge is 0.226 e. The van der Waals surface area contributed by atoms with Crippen molar-refractivity contribution in [3.63, 3.8) is 0 Å². The number of halogens is 1. The van der Waals surface area contributed by atoms with E-state index in [1.807, 2.05) is 12.4 Å². The van der Waals surface area contributed by atoms with Gasteiger partial charge in [0, 0.05) is 37.3 Å². The molecule has 4 aromatic rings. The molecule has 5 rings (SSSR count). The van der Waals surface area contributed by atoms with Crippen molar-refractivity contribution in [2.75, 3.05) is 11.4 Å². The molecule has 1 aliphatic rings. The van der Waals surface area contributed by atoms with E-state index < -0.39 is 0 Å². The standard InChI is InChI=1S/C21H22FN7/c1-21(2,3)13-10-23-20(24-11-13)28-8-6-15-18(26-12-25-15)19(28)16-9-17-14(22)5-4-7-29(17)27-16/h4-5,7,9-12,19H,6,8H2,1-3H3,(H,25,26)/t19-/m1/s1. The van der Waals surface area contributed by atoms with Gasteiger partial charge in [0.15, 0.2) is 0 Å². The fourth-order valence-corrected chi connectivity index (χ4v) is 3.78. The highest BCUT2D eigenvalue weighted by Gasteiger charge is 2.34. The minimum atomic E-state index is -0.304. The van der Waals surface area contributed by atoms with Crippen molar-refractivity contribution < 1.29 is 4.39 Å². The second-order valence-corrected chi connectivity index (χ2v) is 8.39. The van der Waals surface area contributed by atoms with Crippen molar-refractivity contribution in [2.45, 2.75) is 38.6 Å². The van der Waals surface area contributed by atoms with Crippen LogP contribution in [0.4, 0.5) is 10.3 Å². The zero-order chi connectivity index (χ0) is 20.2. The van der Waals surface area contributed by atoms with Crippen molar-refractivity contribution in [2.24, 2.45) is 0 Å². The highest BCUT2D eigenvalue weighted by Crippen LogP contribution is 2.35. The lowest BCUT2D eigenvalue weighted by Gasteiger charge is -2.34. The second kappa shape index (κ2) is 6.37. The molecule has 0 unspecified atom stereocenters. The van der Waals surface area contributed by atoms with Gasteiger partial charge in [0.1, 0.15) is 17.4 Å². The van der Waals surface area contributed by atoms with Gasteiger partial charge in [-0.15, -0.1) is 0 Å². The lowest BCUT2D eigenvalue weighted by molar-refractivity contribution is 0.575. The number of fused-ring (bicyclic) bond motifs is 2. The Balaban J connectivity index is 1.61. The topological polar surface area (TPSA) is 75.0 Å². The van der Waals surface area contributed by atoms with Crippen LogP contribution < -0.4 is 4.90 Å². The van der Waals surface area contributed by atoms with E-state index in [2.05, 4.69) is 50.7 Å². The Hall–Kier alpha value is -3.29. The normalized spacial score (nSPS) is 17.0. The summed E-state index contributed by atoms with van der Waals surface area (Å²) < 4.78 is 15.8. The van der Waals surface area contributed by atoms with Crippen LogP contribution >= 0.6 is 0 Å². The maximum atomic E-state index is 14.3. The summed E-state index contributed by atoms with van der Waals surface area (Å²) in [6, 6.07) is 4.57. The average Bonchev–Trinajstić information content (AvgIpc) is 3.34. The first-order valence-corrected chi connectivity index (χ1v) is 9.67. The molecule has 1 aliphatic heterocycles. The van der Waals surface area contributed by atoms with E-state index in [1.54, 1.807) is 29.2 Å². The van der Waals surface area contributed by atoms with Crippen LogP contribution in [0.25, 0.3) is 5.52 Å². The average molecular weight is 391 g/mol. The number of hydrogen-bond donors (Lipinski definition) is 1. The third-order valence-electron chi connectivity index (χ3n) is 5.44. The molecular formula is C21H22FN7. The molecule has 7 nitrogen and oxygen atoms in total. The van der Waals surface area contributed by atoms with Gasteiger partial charge in [-0.2, -0.15) is 5.10 Å². The Morgan fingerprint density at radius 2 is 1.97 bits per heavy atom. The van der Waals surface area contributed by atoms with Gasteiger partial charge >= 0.3 is 0 Å². The van der Waals surface area contributed by atoms with Crippen LogP contribution in [0.3, 0.4) is 0 Å². The maximum Gasteiger partial charge on any atom is 0.226 e. The third kappa shape index (κ3) is 2.95. The van der Waals surface area contributed by atoms with Gasteiger partial charge in [0.2, 0.25) is 5.95 Å². The number of anilines is 1.